The molecule has 0 radical (unpaired) electrons. The minimum absolute atomic E-state index is 0.00769. The third kappa shape index (κ3) is 6.78. The molecule has 0 spiro atoms. The minimum Gasteiger partial charge on any atom is -0.338 e. The summed E-state index contributed by atoms with van der Waals surface area (Å²) in [6.45, 7) is 2.49. The van der Waals surface area contributed by atoms with Crippen molar-refractivity contribution in [3.05, 3.63) is 81.4 Å². The third-order valence-corrected chi connectivity index (χ3v) is 5.85. The normalized spacial score (nSPS) is 16.1. The van der Waals surface area contributed by atoms with Crippen molar-refractivity contribution < 1.29 is 18.4 Å². The lowest BCUT2D eigenvalue weighted by Crippen LogP contribution is -2.34. The molecule has 0 unspecified atom stereocenters. The van der Waals surface area contributed by atoms with Gasteiger partial charge in [-0.05, 0) is 60.7 Å². The fraction of sp³-hybridized carbons (Fsp3) is 0.333. The quantitative estimate of drug-likeness (QED) is 0.557. The number of hydrogen-bond acceptors (Lipinski definition) is 2. The van der Waals surface area contributed by atoms with Crippen molar-refractivity contribution in [3.8, 4) is 0 Å². The van der Waals surface area contributed by atoms with Crippen molar-refractivity contribution in [2.75, 3.05) is 13.1 Å². The predicted molar refractivity (Wildman–Crippen MR) is 121 cm³/mol. The van der Waals surface area contributed by atoms with Gasteiger partial charge in [-0.25, -0.2) is 8.78 Å². The molecule has 32 heavy (non-hydrogen) atoms. The highest BCUT2D eigenvalue weighted by Gasteiger charge is 2.18. The Bertz CT molecular complexity index is 1010. The number of piperidine rings is 1. The second-order valence-corrected chi connectivity index (χ2v) is 8.53. The monoisotopic (exact) mass is 480 g/mol. The van der Waals surface area contributed by atoms with E-state index in [0.717, 1.165) is 36.9 Å². The average Bonchev–Trinajstić information content (AvgIpc) is 2.77. The highest BCUT2D eigenvalue weighted by molar-refractivity contribution is 6.31. The van der Waals surface area contributed by atoms with Crippen LogP contribution in [-0.4, -0.2) is 34.7 Å². The minimum atomic E-state index is -0.435. The Kier molecular flexibility index (Phi) is 8.65. The van der Waals surface area contributed by atoms with E-state index in [0.29, 0.717) is 26.1 Å². The third-order valence-electron chi connectivity index (χ3n) is 5.27. The summed E-state index contributed by atoms with van der Waals surface area (Å²) in [6, 6.07) is 9.12. The van der Waals surface area contributed by atoms with Gasteiger partial charge in [-0.1, -0.05) is 41.4 Å². The standard InChI is InChI=1S/C12H13ClFNO.C12H11ClFNO/c2*13-10-7-9(4-5-11(10)14)8-15-6-2-1-3-12(15)16/h4-5,7H,1-3,6,8H2;1,3-5,7H,2,6,8H2. The lowest BCUT2D eigenvalue weighted by Gasteiger charge is -2.26. The maximum absolute atomic E-state index is 12.9. The molecule has 4 rings (SSSR count). The Labute approximate surface area is 196 Å². The number of benzene rings is 2. The number of carbonyl (C=O) groups excluding carboxylic acids is 2. The molecule has 2 amide bonds. The molecule has 0 aromatic heterocycles. The summed E-state index contributed by atoms with van der Waals surface area (Å²) in [5.74, 6) is -0.691. The molecule has 0 bridgehead atoms. The molecule has 1 saturated heterocycles. The van der Waals surface area contributed by atoms with E-state index in [1.165, 1.54) is 12.1 Å². The number of nitrogens with zero attached hydrogens (tertiary/aromatic N) is 2. The molecule has 170 valence electrons. The first-order chi connectivity index (χ1) is 15.3. The number of hydrogen-bond donors (Lipinski definition) is 0. The molecular weight excluding hydrogens is 457 g/mol. The molecule has 2 aliphatic rings. The Morgan fingerprint density at radius 3 is 1.94 bits per heavy atom. The fourth-order valence-electron chi connectivity index (χ4n) is 3.53. The maximum Gasteiger partial charge on any atom is 0.246 e. The summed E-state index contributed by atoms with van der Waals surface area (Å²) in [7, 11) is 0. The van der Waals surface area contributed by atoms with E-state index < -0.39 is 11.6 Å². The van der Waals surface area contributed by atoms with Crippen molar-refractivity contribution >= 4 is 35.0 Å². The first-order valence-electron chi connectivity index (χ1n) is 10.4. The Morgan fingerprint density at radius 1 is 0.812 bits per heavy atom. The van der Waals surface area contributed by atoms with Crippen LogP contribution in [0.5, 0.6) is 0 Å². The van der Waals surface area contributed by atoms with E-state index >= 15 is 0 Å². The van der Waals surface area contributed by atoms with E-state index in [2.05, 4.69) is 0 Å². The number of amides is 2. The molecule has 8 heteroatoms. The van der Waals surface area contributed by atoms with Gasteiger partial charge in [-0.2, -0.15) is 0 Å². The zero-order chi connectivity index (χ0) is 23.1. The zero-order valence-electron chi connectivity index (χ0n) is 17.5. The van der Waals surface area contributed by atoms with E-state index in [-0.39, 0.29) is 21.9 Å². The highest BCUT2D eigenvalue weighted by atomic mass is 35.5. The summed E-state index contributed by atoms with van der Waals surface area (Å²) in [5.41, 5.74) is 1.72. The van der Waals surface area contributed by atoms with E-state index in [4.69, 9.17) is 23.2 Å². The molecule has 2 heterocycles. The lowest BCUT2D eigenvalue weighted by molar-refractivity contribution is -0.133. The number of carbonyl (C=O) groups is 2. The molecule has 0 atom stereocenters. The molecule has 2 aliphatic heterocycles. The van der Waals surface area contributed by atoms with Crippen LogP contribution in [-0.2, 0) is 22.7 Å². The van der Waals surface area contributed by atoms with Crippen LogP contribution in [0.25, 0.3) is 0 Å². The predicted octanol–water partition coefficient (Wildman–Crippen LogP) is 5.76. The summed E-state index contributed by atoms with van der Waals surface area (Å²) in [5, 5.41) is 0.208. The summed E-state index contributed by atoms with van der Waals surface area (Å²) < 4.78 is 25.9. The molecule has 4 nitrogen and oxygen atoms in total. The Morgan fingerprint density at radius 2 is 1.41 bits per heavy atom. The van der Waals surface area contributed by atoms with Crippen LogP contribution in [0.4, 0.5) is 8.78 Å². The lowest BCUT2D eigenvalue weighted by atomic mass is 10.1. The summed E-state index contributed by atoms with van der Waals surface area (Å²) in [4.78, 5) is 26.6. The second kappa shape index (κ2) is 11.4. The molecule has 0 aliphatic carbocycles. The number of likely N-dealkylation sites (tertiary alicyclic amines) is 1. The van der Waals surface area contributed by atoms with Crippen LogP contribution in [0.2, 0.25) is 10.0 Å². The van der Waals surface area contributed by atoms with Crippen molar-refractivity contribution in [3.63, 3.8) is 0 Å². The zero-order valence-corrected chi connectivity index (χ0v) is 19.0. The molecule has 2 aromatic carbocycles. The van der Waals surface area contributed by atoms with Gasteiger partial charge < -0.3 is 9.80 Å². The largest absolute Gasteiger partial charge is 0.338 e. The molecule has 0 N–H and O–H groups in total. The number of rotatable bonds is 4. The summed E-state index contributed by atoms with van der Waals surface area (Å²) in [6.07, 6.45) is 6.92. The van der Waals surface area contributed by atoms with Gasteiger partial charge >= 0.3 is 0 Å². The van der Waals surface area contributed by atoms with Crippen LogP contribution in [0, 0.1) is 11.6 Å². The van der Waals surface area contributed by atoms with Gasteiger partial charge in [0.05, 0.1) is 10.0 Å². The molecular formula is C24H24Cl2F2N2O2. The highest BCUT2D eigenvalue weighted by Crippen LogP contribution is 2.20. The van der Waals surface area contributed by atoms with E-state index in [9.17, 15) is 18.4 Å². The average molecular weight is 481 g/mol. The first-order valence-corrected chi connectivity index (χ1v) is 11.2. The molecule has 2 aromatic rings. The van der Waals surface area contributed by atoms with Gasteiger partial charge in [-0.3, -0.25) is 9.59 Å². The van der Waals surface area contributed by atoms with Crippen LogP contribution < -0.4 is 0 Å². The van der Waals surface area contributed by atoms with E-state index in [1.807, 2.05) is 6.08 Å². The van der Waals surface area contributed by atoms with Crippen molar-refractivity contribution in [2.45, 2.75) is 38.8 Å². The van der Waals surface area contributed by atoms with E-state index in [1.54, 1.807) is 40.1 Å². The van der Waals surface area contributed by atoms with Gasteiger partial charge in [0.1, 0.15) is 11.6 Å². The van der Waals surface area contributed by atoms with Crippen LogP contribution in [0.3, 0.4) is 0 Å². The Hall–Kier alpha value is -2.44. The number of halogens is 4. The van der Waals surface area contributed by atoms with Gasteiger partial charge in [0, 0.05) is 32.6 Å². The smallest absolute Gasteiger partial charge is 0.246 e. The van der Waals surface area contributed by atoms with Gasteiger partial charge in [0.2, 0.25) is 11.8 Å². The second-order valence-electron chi connectivity index (χ2n) is 7.72. The first kappa shape index (κ1) is 24.2. The van der Waals surface area contributed by atoms with Crippen molar-refractivity contribution in [1.82, 2.24) is 9.80 Å². The Balaban J connectivity index is 0.000000181. The van der Waals surface area contributed by atoms with Gasteiger partial charge in [0.15, 0.2) is 0 Å². The van der Waals surface area contributed by atoms with Crippen molar-refractivity contribution in [2.24, 2.45) is 0 Å². The van der Waals surface area contributed by atoms with Gasteiger partial charge in [0.25, 0.3) is 0 Å². The molecule has 1 fully saturated rings. The summed E-state index contributed by atoms with van der Waals surface area (Å²) >= 11 is 11.4. The van der Waals surface area contributed by atoms with Crippen LogP contribution in [0.1, 0.15) is 36.8 Å². The molecule has 0 saturated carbocycles. The topological polar surface area (TPSA) is 40.6 Å². The maximum atomic E-state index is 12.9. The van der Waals surface area contributed by atoms with Crippen LogP contribution >= 0.6 is 23.2 Å². The SMILES string of the molecule is O=C1C=CCCN1Cc1ccc(F)c(Cl)c1.O=C1CCCCN1Cc1ccc(F)c(Cl)c1. The van der Waals surface area contributed by atoms with Crippen LogP contribution in [0.15, 0.2) is 48.6 Å². The van der Waals surface area contributed by atoms with Gasteiger partial charge in [-0.15, -0.1) is 0 Å². The fourth-order valence-corrected chi connectivity index (χ4v) is 3.94. The van der Waals surface area contributed by atoms with Crippen molar-refractivity contribution in [1.29, 1.82) is 0 Å².